The summed E-state index contributed by atoms with van der Waals surface area (Å²) in [5, 5.41) is 9.43. The average Bonchev–Trinajstić information content (AvgIpc) is 3.43. The molecule has 7 rings (SSSR count). The number of rotatable bonds is 2. The molecule has 0 bridgehead atoms. The molecule has 1 radical (unpaired) electrons. The first-order valence-electron chi connectivity index (χ1n) is 11.1. The summed E-state index contributed by atoms with van der Waals surface area (Å²) in [4.78, 5) is 19.2. The van der Waals surface area contributed by atoms with Gasteiger partial charge in [-0.3, -0.25) is 4.98 Å². The van der Waals surface area contributed by atoms with Gasteiger partial charge in [-0.25, -0.2) is 18.2 Å². The van der Waals surface area contributed by atoms with Crippen molar-refractivity contribution in [2.24, 2.45) is 0 Å². The molecule has 0 unspecified atom stereocenters. The minimum Gasteiger partial charge on any atom is -0.477 e. The number of aromatic carboxylic acids is 1. The van der Waals surface area contributed by atoms with Gasteiger partial charge in [-0.1, -0.05) is 60.2 Å². The van der Waals surface area contributed by atoms with Crippen molar-refractivity contribution in [2.75, 3.05) is 0 Å². The molecule has 0 saturated heterocycles. The number of fused-ring (bicyclic) bond motifs is 3. The van der Waals surface area contributed by atoms with Crippen LogP contribution in [0, 0.1) is 6.07 Å². The van der Waals surface area contributed by atoms with Crippen molar-refractivity contribution in [1.29, 1.82) is 0 Å². The fourth-order valence-corrected chi connectivity index (χ4v) is 6.46. The Kier molecular flexibility index (Phi) is 6.33. The molecular formula is C29H17IrN2O4S-. The van der Waals surface area contributed by atoms with Crippen LogP contribution in [-0.4, -0.2) is 29.5 Å². The van der Waals surface area contributed by atoms with Gasteiger partial charge in [0.25, 0.3) is 0 Å². The van der Waals surface area contributed by atoms with Gasteiger partial charge >= 0.3 is 5.97 Å². The van der Waals surface area contributed by atoms with E-state index in [1.807, 2.05) is 36.4 Å². The molecule has 3 heterocycles. The number of carboxylic acid groups (broad SMARTS) is 1. The van der Waals surface area contributed by atoms with E-state index in [0.29, 0.717) is 21.0 Å². The molecule has 0 amide bonds. The maximum Gasteiger partial charge on any atom is 0.354 e. The average molecular weight is 682 g/mol. The number of sulfone groups is 1. The van der Waals surface area contributed by atoms with Crippen LogP contribution < -0.4 is 0 Å². The van der Waals surface area contributed by atoms with E-state index in [0.717, 1.165) is 33.2 Å². The standard InChI is InChI=1S/C23H12NO2S.C6H5NO2.Ir/c25-27(26)21-10-2-1-6-16(21)17-7-4-8-18(23(17)27)20-13-15-12-11-14-5-3-9-19(24-20)22(14)15;8-6(9)5-3-1-2-4-7-5;/h1-7,9-13H;1-4H,(H,8,9);/q-1;;. The predicted molar refractivity (Wildman–Crippen MR) is 137 cm³/mol. The Morgan fingerprint density at radius 2 is 1.65 bits per heavy atom. The summed E-state index contributed by atoms with van der Waals surface area (Å²) in [6, 6.07) is 26.6. The van der Waals surface area contributed by atoms with E-state index < -0.39 is 15.8 Å². The third-order valence-electron chi connectivity index (χ3n) is 6.16. The molecule has 0 saturated carbocycles. The molecule has 6 nitrogen and oxygen atoms in total. The summed E-state index contributed by atoms with van der Waals surface area (Å²) in [5.74, 6) is -0.990. The van der Waals surface area contributed by atoms with Gasteiger partial charge in [-0.2, -0.15) is 0 Å². The molecular weight excluding hydrogens is 665 g/mol. The molecule has 5 aromatic rings. The van der Waals surface area contributed by atoms with Gasteiger partial charge in [0.1, 0.15) is 5.69 Å². The Hall–Kier alpha value is -3.97. The molecule has 1 aliphatic heterocycles. The Labute approximate surface area is 226 Å². The molecule has 0 fully saturated rings. The van der Waals surface area contributed by atoms with E-state index in [2.05, 4.69) is 29.3 Å². The van der Waals surface area contributed by atoms with E-state index in [1.54, 1.807) is 30.3 Å². The molecule has 1 aliphatic carbocycles. The van der Waals surface area contributed by atoms with Crippen molar-refractivity contribution >= 4 is 38.9 Å². The molecule has 8 heteroatoms. The Morgan fingerprint density at radius 3 is 2.41 bits per heavy atom. The number of hydrogen-bond donors (Lipinski definition) is 1. The summed E-state index contributed by atoms with van der Waals surface area (Å²) in [7, 11) is -3.59. The van der Waals surface area contributed by atoms with Crippen LogP contribution in [0.15, 0.2) is 94.9 Å². The summed E-state index contributed by atoms with van der Waals surface area (Å²) in [5.41, 5.74) is 5.79. The molecule has 1 N–H and O–H groups in total. The maximum atomic E-state index is 13.2. The van der Waals surface area contributed by atoms with Crippen LogP contribution in [0.1, 0.15) is 21.6 Å². The van der Waals surface area contributed by atoms with Crippen molar-refractivity contribution in [3.8, 4) is 22.4 Å². The zero-order chi connectivity index (χ0) is 24.9. The number of pyridine rings is 2. The molecule has 183 valence electrons. The minimum absolute atomic E-state index is 0. The molecule has 0 spiro atoms. The molecule has 37 heavy (non-hydrogen) atoms. The fraction of sp³-hybridized carbons (Fsp3) is 0. The van der Waals surface area contributed by atoms with E-state index >= 15 is 0 Å². The SMILES string of the molecule is O=C(O)c1ccccn1.O=S1(=O)c2ccccc2-c2cc[c-]c(-c3cc4c5c(cccc5n3)C=C4)c21.[Ir]. The number of nitrogens with zero attached hydrogens (tertiary/aromatic N) is 2. The molecule has 2 aromatic heterocycles. The summed E-state index contributed by atoms with van der Waals surface area (Å²) in [6.45, 7) is 0. The third kappa shape index (κ3) is 4.09. The van der Waals surface area contributed by atoms with Gasteiger partial charge in [-0.05, 0) is 51.5 Å². The van der Waals surface area contributed by atoms with Gasteiger partial charge < -0.3 is 5.11 Å². The first-order chi connectivity index (χ1) is 17.4. The molecule has 2 aliphatic rings. The van der Waals surface area contributed by atoms with Crippen LogP contribution in [0.5, 0.6) is 0 Å². The zero-order valence-corrected chi connectivity index (χ0v) is 22.3. The largest absolute Gasteiger partial charge is 0.477 e. The van der Waals surface area contributed by atoms with Crippen molar-refractivity contribution in [3.05, 3.63) is 108 Å². The van der Waals surface area contributed by atoms with Crippen molar-refractivity contribution < 1.29 is 38.4 Å². The zero-order valence-electron chi connectivity index (χ0n) is 19.0. The summed E-state index contributed by atoms with van der Waals surface area (Å²) >= 11 is 0. The topological polar surface area (TPSA) is 97.2 Å². The van der Waals surface area contributed by atoms with Crippen LogP contribution in [0.25, 0.3) is 45.4 Å². The van der Waals surface area contributed by atoms with Crippen molar-refractivity contribution in [2.45, 2.75) is 9.79 Å². The van der Waals surface area contributed by atoms with Crippen molar-refractivity contribution in [1.82, 2.24) is 9.97 Å². The number of benzene rings is 3. The van der Waals surface area contributed by atoms with Gasteiger partial charge in [-0.15, -0.1) is 23.8 Å². The first kappa shape index (κ1) is 24.7. The Morgan fingerprint density at radius 1 is 0.865 bits per heavy atom. The van der Waals surface area contributed by atoms with Gasteiger partial charge in [0.05, 0.1) is 10.4 Å². The number of hydrogen-bond acceptors (Lipinski definition) is 5. The summed E-state index contributed by atoms with van der Waals surface area (Å²) in [6.07, 6.45) is 5.56. The fourth-order valence-electron chi connectivity index (χ4n) is 4.61. The second-order valence-electron chi connectivity index (χ2n) is 8.29. The quantitative estimate of drug-likeness (QED) is 0.233. The van der Waals surface area contributed by atoms with Gasteiger partial charge in [0, 0.05) is 31.7 Å². The molecule has 0 atom stereocenters. The van der Waals surface area contributed by atoms with Crippen LogP contribution >= 0.6 is 0 Å². The van der Waals surface area contributed by atoms with E-state index in [9.17, 15) is 13.2 Å². The second-order valence-corrected chi connectivity index (χ2v) is 10.1. The van der Waals surface area contributed by atoms with Crippen LogP contribution in [0.3, 0.4) is 0 Å². The van der Waals surface area contributed by atoms with E-state index in [1.165, 1.54) is 12.3 Å². The van der Waals surface area contributed by atoms with Gasteiger partial charge in [0.2, 0.25) is 0 Å². The normalized spacial score (nSPS) is 13.2. The van der Waals surface area contributed by atoms with Gasteiger partial charge in [0.15, 0.2) is 9.84 Å². The Bertz CT molecular complexity index is 1830. The van der Waals surface area contributed by atoms with Crippen molar-refractivity contribution in [3.63, 3.8) is 0 Å². The van der Waals surface area contributed by atoms with Crippen LogP contribution in [0.4, 0.5) is 0 Å². The first-order valence-corrected chi connectivity index (χ1v) is 12.6. The predicted octanol–water partition coefficient (Wildman–Crippen LogP) is 5.78. The Balaban J connectivity index is 0.000000241. The number of carboxylic acids is 1. The minimum atomic E-state index is -3.59. The number of carbonyl (C=O) groups is 1. The maximum absolute atomic E-state index is 13.2. The van der Waals surface area contributed by atoms with E-state index in [4.69, 9.17) is 10.1 Å². The monoisotopic (exact) mass is 682 g/mol. The van der Waals surface area contributed by atoms with E-state index in [-0.39, 0.29) is 25.8 Å². The smallest absolute Gasteiger partial charge is 0.354 e. The van der Waals surface area contributed by atoms with Crippen LogP contribution in [-0.2, 0) is 29.9 Å². The number of aromatic nitrogens is 2. The van der Waals surface area contributed by atoms with Crippen LogP contribution in [0.2, 0.25) is 0 Å². The third-order valence-corrected chi connectivity index (χ3v) is 8.06. The molecule has 3 aromatic carbocycles. The second kappa shape index (κ2) is 9.48. The summed E-state index contributed by atoms with van der Waals surface area (Å²) < 4.78 is 26.5.